The quantitative estimate of drug-likeness (QED) is 0.817. The first-order valence-corrected chi connectivity index (χ1v) is 7.19. The van der Waals surface area contributed by atoms with Gasteiger partial charge in [-0.15, -0.1) is 0 Å². The van der Waals surface area contributed by atoms with Crippen molar-refractivity contribution >= 4 is 11.9 Å². The molecule has 1 saturated heterocycles. The standard InChI is InChI=1S/C14H23NO4/c1-14(8-4-2-6-10(14)13(17)18)15-12(16)11-7-3-5-9-19-11/h10-11H,2-9H2,1H3,(H,15,16)(H,17,18). The lowest BCUT2D eigenvalue weighted by Crippen LogP contribution is -2.58. The number of aliphatic carboxylic acids is 1. The molecule has 5 heteroatoms. The summed E-state index contributed by atoms with van der Waals surface area (Å²) in [5, 5.41) is 12.3. The Morgan fingerprint density at radius 3 is 2.58 bits per heavy atom. The van der Waals surface area contributed by atoms with Gasteiger partial charge in [-0.25, -0.2) is 0 Å². The predicted molar refractivity (Wildman–Crippen MR) is 69.7 cm³/mol. The number of hydrogen-bond donors (Lipinski definition) is 2. The molecule has 19 heavy (non-hydrogen) atoms. The van der Waals surface area contributed by atoms with Crippen molar-refractivity contribution in [3.05, 3.63) is 0 Å². The molecular weight excluding hydrogens is 246 g/mol. The molecule has 0 aromatic carbocycles. The zero-order valence-corrected chi connectivity index (χ0v) is 11.5. The first kappa shape index (κ1) is 14.3. The maximum Gasteiger partial charge on any atom is 0.308 e. The summed E-state index contributed by atoms with van der Waals surface area (Å²) in [4.78, 5) is 23.6. The van der Waals surface area contributed by atoms with Gasteiger partial charge in [-0.3, -0.25) is 9.59 Å². The van der Waals surface area contributed by atoms with Gasteiger partial charge in [-0.2, -0.15) is 0 Å². The maximum atomic E-state index is 12.2. The molecule has 108 valence electrons. The Bertz CT molecular complexity index is 351. The average Bonchev–Trinajstić information content (AvgIpc) is 2.39. The Morgan fingerprint density at radius 2 is 1.95 bits per heavy atom. The summed E-state index contributed by atoms with van der Waals surface area (Å²) in [5.74, 6) is -1.45. The molecule has 2 aliphatic rings. The first-order valence-electron chi connectivity index (χ1n) is 7.19. The lowest BCUT2D eigenvalue weighted by Gasteiger charge is -2.40. The number of carbonyl (C=O) groups is 2. The first-order chi connectivity index (χ1) is 9.03. The van der Waals surface area contributed by atoms with Crippen LogP contribution in [0.15, 0.2) is 0 Å². The van der Waals surface area contributed by atoms with Crippen molar-refractivity contribution in [2.75, 3.05) is 6.61 Å². The van der Waals surface area contributed by atoms with Crippen LogP contribution < -0.4 is 5.32 Å². The third kappa shape index (κ3) is 3.26. The van der Waals surface area contributed by atoms with Gasteiger partial charge in [-0.1, -0.05) is 12.8 Å². The van der Waals surface area contributed by atoms with E-state index in [1.807, 2.05) is 6.92 Å². The van der Waals surface area contributed by atoms with Crippen LogP contribution in [0, 0.1) is 5.92 Å². The van der Waals surface area contributed by atoms with Gasteiger partial charge in [-0.05, 0) is 39.0 Å². The minimum atomic E-state index is -0.813. The van der Waals surface area contributed by atoms with Crippen LogP contribution in [0.4, 0.5) is 0 Å². The molecule has 1 aliphatic carbocycles. The molecule has 5 nitrogen and oxygen atoms in total. The van der Waals surface area contributed by atoms with Crippen molar-refractivity contribution in [3.8, 4) is 0 Å². The molecule has 3 unspecified atom stereocenters. The van der Waals surface area contributed by atoms with Crippen LogP contribution in [-0.4, -0.2) is 35.2 Å². The lowest BCUT2D eigenvalue weighted by atomic mass is 9.73. The van der Waals surface area contributed by atoms with E-state index in [1.54, 1.807) is 0 Å². The molecule has 2 rings (SSSR count). The Morgan fingerprint density at radius 1 is 1.21 bits per heavy atom. The maximum absolute atomic E-state index is 12.2. The van der Waals surface area contributed by atoms with Crippen molar-refractivity contribution in [2.24, 2.45) is 5.92 Å². The summed E-state index contributed by atoms with van der Waals surface area (Å²) >= 11 is 0. The highest BCUT2D eigenvalue weighted by molar-refractivity contribution is 5.83. The highest BCUT2D eigenvalue weighted by atomic mass is 16.5. The molecular formula is C14H23NO4. The summed E-state index contributed by atoms with van der Waals surface area (Å²) < 4.78 is 5.46. The van der Waals surface area contributed by atoms with E-state index in [2.05, 4.69) is 5.32 Å². The van der Waals surface area contributed by atoms with Gasteiger partial charge in [0.15, 0.2) is 0 Å². The van der Waals surface area contributed by atoms with E-state index in [4.69, 9.17) is 4.74 Å². The summed E-state index contributed by atoms with van der Waals surface area (Å²) in [7, 11) is 0. The Hall–Kier alpha value is -1.10. The minimum absolute atomic E-state index is 0.143. The Labute approximate surface area is 113 Å². The number of carboxylic acids is 1. The number of amides is 1. The van der Waals surface area contributed by atoms with Gasteiger partial charge < -0.3 is 15.2 Å². The van der Waals surface area contributed by atoms with E-state index < -0.39 is 23.5 Å². The van der Waals surface area contributed by atoms with Crippen molar-refractivity contribution in [3.63, 3.8) is 0 Å². The van der Waals surface area contributed by atoms with E-state index in [0.29, 0.717) is 13.0 Å². The number of carbonyl (C=O) groups excluding carboxylic acids is 1. The van der Waals surface area contributed by atoms with Crippen molar-refractivity contribution < 1.29 is 19.4 Å². The van der Waals surface area contributed by atoms with Crippen LogP contribution in [0.5, 0.6) is 0 Å². The summed E-state index contributed by atoms with van der Waals surface area (Å²) in [6.45, 7) is 2.48. The lowest BCUT2D eigenvalue weighted by molar-refractivity contribution is -0.148. The van der Waals surface area contributed by atoms with Gasteiger partial charge in [0.2, 0.25) is 5.91 Å². The number of rotatable bonds is 3. The molecule has 0 bridgehead atoms. The molecule has 1 amide bonds. The fourth-order valence-electron chi connectivity index (χ4n) is 3.19. The predicted octanol–water partition coefficient (Wildman–Crippen LogP) is 1.71. The molecule has 2 fully saturated rings. The van der Waals surface area contributed by atoms with E-state index in [-0.39, 0.29) is 5.91 Å². The number of nitrogens with one attached hydrogen (secondary N) is 1. The van der Waals surface area contributed by atoms with Crippen LogP contribution >= 0.6 is 0 Å². The Kier molecular flexibility index (Phi) is 4.45. The topological polar surface area (TPSA) is 75.6 Å². The average molecular weight is 269 g/mol. The van der Waals surface area contributed by atoms with Crippen LogP contribution in [0.2, 0.25) is 0 Å². The molecule has 0 radical (unpaired) electrons. The van der Waals surface area contributed by atoms with Crippen LogP contribution in [-0.2, 0) is 14.3 Å². The number of carboxylic acid groups (broad SMARTS) is 1. The zero-order valence-electron chi connectivity index (χ0n) is 11.5. The number of ether oxygens (including phenoxy) is 1. The van der Waals surface area contributed by atoms with Crippen LogP contribution in [0.1, 0.15) is 51.9 Å². The molecule has 0 aromatic heterocycles. The summed E-state index contributed by atoms with van der Waals surface area (Å²) in [6.07, 6.45) is 5.58. The second kappa shape index (κ2) is 5.90. The second-order valence-electron chi connectivity index (χ2n) is 5.90. The van der Waals surface area contributed by atoms with E-state index in [1.165, 1.54) is 0 Å². The van der Waals surface area contributed by atoms with Gasteiger partial charge in [0.25, 0.3) is 0 Å². The zero-order chi connectivity index (χ0) is 13.9. The largest absolute Gasteiger partial charge is 0.481 e. The van der Waals surface area contributed by atoms with Crippen molar-refractivity contribution in [2.45, 2.75) is 63.5 Å². The highest BCUT2D eigenvalue weighted by Gasteiger charge is 2.43. The highest BCUT2D eigenvalue weighted by Crippen LogP contribution is 2.34. The summed E-state index contributed by atoms with van der Waals surface area (Å²) in [6, 6.07) is 0. The molecule has 1 heterocycles. The molecule has 0 aromatic rings. The third-order valence-electron chi connectivity index (χ3n) is 4.39. The van der Waals surface area contributed by atoms with Gasteiger partial charge in [0, 0.05) is 6.61 Å². The van der Waals surface area contributed by atoms with E-state index >= 15 is 0 Å². The van der Waals surface area contributed by atoms with Crippen molar-refractivity contribution in [1.29, 1.82) is 0 Å². The third-order valence-corrected chi connectivity index (χ3v) is 4.39. The molecule has 2 N–H and O–H groups in total. The summed E-state index contributed by atoms with van der Waals surface area (Å²) in [5.41, 5.74) is -0.637. The SMILES string of the molecule is CC1(NC(=O)C2CCCCO2)CCCCC1C(=O)O. The fraction of sp³-hybridized carbons (Fsp3) is 0.857. The van der Waals surface area contributed by atoms with Gasteiger partial charge in [0.05, 0.1) is 11.5 Å². The van der Waals surface area contributed by atoms with E-state index in [0.717, 1.165) is 38.5 Å². The van der Waals surface area contributed by atoms with Crippen LogP contribution in [0.25, 0.3) is 0 Å². The van der Waals surface area contributed by atoms with Gasteiger partial charge in [0.1, 0.15) is 6.10 Å². The normalized spacial score (nSPS) is 35.6. The fourth-order valence-corrected chi connectivity index (χ4v) is 3.19. The number of hydrogen-bond acceptors (Lipinski definition) is 3. The monoisotopic (exact) mass is 269 g/mol. The van der Waals surface area contributed by atoms with Gasteiger partial charge >= 0.3 is 5.97 Å². The van der Waals surface area contributed by atoms with E-state index in [9.17, 15) is 14.7 Å². The second-order valence-corrected chi connectivity index (χ2v) is 5.90. The molecule has 3 atom stereocenters. The smallest absolute Gasteiger partial charge is 0.308 e. The Balaban J connectivity index is 2.01. The van der Waals surface area contributed by atoms with Crippen LogP contribution in [0.3, 0.4) is 0 Å². The molecule has 1 aliphatic heterocycles. The van der Waals surface area contributed by atoms with Crippen molar-refractivity contribution in [1.82, 2.24) is 5.32 Å². The molecule has 1 saturated carbocycles. The molecule has 0 spiro atoms. The minimum Gasteiger partial charge on any atom is -0.481 e.